The number of ether oxygens (including phenoxy) is 1. The zero-order valence-corrected chi connectivity index (χ0v) is 14.3. The summed E-state index contributed by atoms with van der Waals surface area (Å²) >= 11 is 3.57. The molecule has 0 bridgehead atoms. The second-order valence-corrected chi connectivity index (χ2v) is 6.53. The number of hydrogen-bond donors (Lipinski definition) is 1. The zero-order valence-electron chi connectivity index (χ0n) is 12.7. The predicted octanol–water partition coefficient (Wildman–Crippen LogP) is 4.93. The highest BCUT2D eigenvalue weighted by molar-refractivity contribution is 9.10. The average molecular weight is 328 g/mol. The van der Waals surface area contributed by atoms with Crippen LogP contribution in [0.5, 0.6) is 5.75 Å². The van der Waals surface area contributed by atoms with Gasteiger partial charge in [0.25, 0.3) is 0 Å². The lowest BCUT2D eigenvalue weighted by molar-refractivity contribution is 0.229. The van der Waals surface area contributed by atoms with E-state index in [0.717, 1.165) is 29.6 Å². The molecule has 0 saturated carbocycles. The third-order valence-corrected chi connectivity index (χ3v) is 4.29. The Morgan fingerprint density at radius 3 is 2.53 bits per heavy atom. The van der Waals surface area contributed by atoms with E-state index in [0.29, 0.717) is 6.04 Å². The molecule has 3 heteroatoms. The van der Waals surface area contributed by atoms with Gasteiger partial charge in [-0.15, -0.1) is 0 Å². The number of methoxy groups -OCH3 is 1. The normalized spacial score (nSPS) is 13.4. The summed E-state index contributed by atoms with van der Waals surface area (Å²) in [6, 6.07) is 6.53. The lowest BCUT2D eigenvalue weighted by Gasteiger charge is -2.35. The van der Waals surface area contributed by atoms with Gasteiger partial charge in [-0.2, -0.15) is 0 Å². The summed E-state index contributed by atoms with van der Waals surface area (Å²) in [6.45, 7) is 10.1. The second kappa shape index (κ2) is 7.30. The van der Waals surface area contributed by atoms with Gasteiger partial charge in [0, 0.05) is 16.1 Å². The number of halogens is 1. The van der Waals surface area contributed by atoms with Crippen molar-refractivity contribution in [1.82, 2.24) is 5.32 Å². The maximum Gasteiger partial charge on any atom is 0.123 e. The SMILES string of the molecule is CCCNC(c1cc(Br)ccc1OC)C(C)(C)CC. The van der Waals surface area contributed by atoms with E-state index in [9.17, 15) is 0 Å². The first-order valence-electron chi connectivity index (χ1n) is 7.03. The molecule has 1 rings (SSSR count). The topological polar surface area (TPSA) is 21.3 Å². The van der Waals surface area contributed by atoms with Crippen molar-refractivity contribution in [2.75, 3.05) is 13.7 Å². The van der Waals surface area contributed by atoms with E-state index in [1.807, 2.05) is 12.1 Å². The standard InChI is InChI=1S/C16H26BrNO/c1-6-10-18-15(16(3,4)7-2)13-11-12(17)8-9-14(13)19-5/h8-9,11,15,18H,6-7,10H2,1-5H3. The lowest BCUT2D eigenvalue weighted by Crippen LogP contribution is -2.34. The first-order chi connectivity index (χ1) is 8.96. The van der Waals surface area contributed by atoms with Gasteiger partial charge in [-0.05, 0) is 43.0 Å². The molecular weight excluding hydrogens is 302 g/mol. The zero-order chi connectivity index (χ0) is 14.5. The summed E-state index contributed by atoms with van der Waals surface area (Å²) in [4.78, 5) is 0. The van der Waals surface area contributed by atoms with Crippen molar-refractivity contribution < 1.29 is 4.74 Å². The summed E-state index contributed by atoms with van der Waals surface area (Å²) in [7, 11) is 1.74. The minimum absolute atomic E-state index is 0.184. The van der Waals surface area contributed by atoms with Crippen LogP contribution in [0.15, 0.2) is 22.7 Å². The Hall–Kier alpha value is -0.540. The monoisotopic (exact) mass is 327 g/mol. The van der Waals surface area contributed by atoms with Gasteiger partial charge in [0.2, 0.25) is 0 Å². The van der Waals surface area contributed by atoms with Crippen LogP contribution in [0.1, 0.15) is 52.1 Å². The Morgan fingerprint density at radius 1 is 1.32 bits per heavy atom. The molecule has 1 aromatic rings. The average Bonchev–Trinajstić information content (AvgIpc) is 2.39. The van der Waals surface area contributed by atoms with Crippen molar-refractivity contribution in [3.63, 3.8) is 0 Å². The fourth-order valence-corrected chi connectivity index (χ4v) is 2.61. The molecule has 0 aliphatic heterocycles. The fraction of sp³-hybridized carbons (Fsp3) is 0.625. The van der Waals surface area contributed by atoms with Crippen LogP contribution in [0.4, 0.5) is 0 Å². The molecule has 0 spiro atoms. The first-order valence-corrected chi connectivity index (χ1v) is 7.82. The molecular formula is C16H26BrNO. The molecule has 0 aliphatic rings. The summed E-state index contributed by atoms with van der Waals surface area (Å²) in [6.07, 6.45) is 2.25. The number of rotatable bonds is 7. The largest absolute Gasteiger partial charge is 0.496 e. The Kier molecular flexibility index (Phi) is 6.34. The molecule has 0 radical (unpaired) electrons. The van der Waals surface area contributed by atoms with Gasteiger partial charge in [-0.25, -0.2) is 0 Å². The third kappa shape index (κ3) is 4.22. The van der Waals surface area contributed by atoms with Gasteiger partial charge in [0.15, 0.2) is 0 Å². The Morgan fingerprint density at radius 2 is 2.00 bits per heavy atom. The van der Waals surface area contributed by atoms with E-state index in [1.54, 1.807) is 7.11 Å². The van der Waals surface area contributed by atoms with Gasteiger partial charge in [0.1, 0.15) is 5.75 Å². The molecule has 2 nitrogen and oxygen atoms in total. The number of hydrogen-bond acceptors (Lipinski definition) is 2. The van der Waals surface area contributed by atoms with Crippen LogP contribution in [0.2, 0.25) is 0 Å². The molecule has 1 unspecified atom stereocenters. The minimum atomic E-state index is 0.184. The van der Waals surface area contributed by atoms with Gasteiger partial charge < -0.3 is 10.1 Å². The highest BCUT2D eigenvalue weighted by Gasteiger charge is 2.30. The van der Waals surface area contributed by atoms with E-state index in [-0.39, 0.29) is 5.41 Å². The maximum atomic E-state index is 5.54. The Labute approximate surface area is 126 Å². The molecule has 19 heavy (non-hydrogen) atoms. The molecule has 0 saturated heterocycles. The summed E-state index contributed by atoms with van der Waals surface area (Å²) in [5.74, 6) is 0.957. The van der Waals surface area contributed by atoms with Gasteiger partial charge in [-0.3, -0.25) is 0 Å². The molecule has 1 aromatic carbocycles. The van der Waals surface area contributed by atoms with Gasteiger partial charge >= 0.3 is 0 Å². The smallest absolute Gasteiger partial charge is 0.123 e. The minimum Gasteiger partial charge on any atom is -0.496 e. The van der Waals surface area contributed by atoms with Crippen molar-refractivity contribution in [3.8, 4) is 5.75 Å². The van der Waals surface area contributed by atoms with Crippen LogP contribution in [0.3, 0.4) is 0 Å². The number of nitrogens with one attached hydrogen (secondary N) is 1. The fourth-order valence-electron chi connectivity index (χ4n) is 2.23. The molecule has 0 aliphatic carbocycles. The van der Waals surface area contributed by atoms with Crippen LogP contribution < -0.4 is 10.1 Å². The van der Waals surface area contributed by atoms with Crippen LogP contribution in [0, 0.1) is 5.41 Å². The van der Waals surface area contributed by atoms with Crippen LogP contribution in [-0.4, -0.2) is 13.7 Å². The lowest BCUT2D eigenvalue weighted by atomic mass is 9.78. The molecule has 0 fully saturated rings. The van der Waals surface area contributed by atoms with E-state index in [2.05, 4.69) is 55.0 Å². The van der Waals surface area contributed by atoms with Crippen molar-refractivity contribution >= 4 is 15.9 Å². The van der Waals surface area contributed by atoms with Crippen molar-refractivity contribution in [3.05, 3.63) is 28.2 Å². The summed E-state index contributed by atoms with van der Waals surface area (Å²) in [5.41, 5.74) is 1.42. The predicted molar refractivity (Wildman–Crippen MR) is 85.8 cm³/mol. The van der Waals surface area contributed by atoms with E-state index in [1.165, 1.54) is 5.56 Å². The molecule has 1 atom stereocenters. The van der Waals surface area contributed by atoms with Crippen LogP contribution in [-0.2, 0) is 0 Å². The quantitative estimate of drug-likeness (QED) is 0.766. The van der Waals surface area contributed by atoms with Crippen LogP contribution >= 0.6 is 15.9 Å². The molecule has 0 amide bonds. The van der Waals surface area contributed by atoms with E-state index >= 15 is 0 Å². The van der Waals surface area contributed by atoms with Crippen molar-refractivity contribution in [2.24, 2.45) is 5.41 Å². The summed E-state index contributed by atoms with van der Waals surface area (Å²) in [5, 5.41) is 3.68. The molecule has 0 aromatic heterocycles. The molecule has 0 heterocycles. The van der Waals surface area contributed by atoms with Gasteiger partial charge in [-0.1, -0.05) is 43.6 Å². The highest BCUT2D eigenvalue weighted by Crippen LogP contribution is 2.41. The summed E-state index contributed by atoms with van der Waals surface area (Å²) < 4.78 is 6.64. The molecule has 1 N–H and O–H groups in total. The van der Waals surface area contributed by atoms with Gasteiger partial charge in [0.05, 0.1) is 7.11 Å². The van der Waals surface area contributed by atoms with Crippen LogP contribution in [0.25, 0.3) is 0 Å². The van der Waals surface area contributed by atoms with E-state index in [4.69, 9.17) is 4.74 Å². The Bertz CT molecular complexity index is 404. The molecule has 108 valence electrons. The number of benzene rings is 1. The highest BCUT2D eigenvalue weighted by atomic mass is 79.9. The van der Waals surface area contributed by atoms with Crippen molar-refractivity contribution in [1.29, 1.82) is 0 Å². The maximum absolute atomic E-state index is 5.54. The van der Waals surface area contributed by atoms with Crippen molar-refractivity contribution in [2.45, 2.75) is 46.6 Å². The van der Waals surface area contributed by atoms with E-state index < -0.39 is 0 Å². The Balaban J connectivity index is 3.19. The second-order valence-electron chi connectivity index (χ2n) is 5.62. The first kappa shape index (κ1) is 16.5. The third-order valence-electron chi connectivity index (χ3n) is 3.79.